The number of halogens is 3. The van der Waals surface area contributed by atoms with E-state index in [0.717, 1.165) is 5.56 Å². The predicted octanol–water partition coefficient (Wildman–Crippen LogP) is 5.16. The highest BCUT2D eigenvalue weighted by atomic mass is 35.5. The van der Waals surface area contributed by atoms with Crippen LogP contribution in [0.25, 0.3) is 5.03 Å². The molecule has 1 aromatic rings. The summed E-state index contributed by atoms with van der Waals surface area (Å²) in [7, 11) is 0. The summed E-state index contributed by atoms with van der Waals surface area (Å²) in [6.07, 6.45) is 6.29. The zero-order valence-electron chi connectivity index (χ0n) is 11.1. The molecule has 0 atom stereocenters. The van der Waals surface area contributed by atoms with E-state index in [0.29, 0.717) is 23.2 Å². The van der Waals surface area contributed by atoms with E-state index in [4.69, 9.17) is 34.8 Å². The molecule has 5 heteroatoms. The van der Waals surface area contributed by atoms with Crippen LogP contribution in [0.3, 0.4) is 0 Å². The monoisotopic (exact) mass is 333 g/mol. The third kappa shape index (κ3) is 4.29. The Balaban J connectivity index is 2.06. The van der Waals surface area contributed by atoms with Gasteiger partial charge in [-0.3, -0.25) is 0 Å². The van der Waals surface area contributed by atoms with Crippen molar-refractivity contribution in [3.8, 4) is 5.75 Å². The quantitative estimate of drug-likeness (QED) is 0.797. The second-order valence-corrected chi connectivity index (χ2v) is 6.46. The third-order valence-corrected chi connectivity index (χ3v) is 4.66. The first-order chi connectivity index (χ1) is 9.58. The van der Waals surface area contributed by atoms with Crippen LogP contribution in [0.1, 0.15) is 43.2 Å². The summed E-state index contributed by atoms with van der Waals surface area (Å²) < 4.78 is 0.0311. The number of rotatable bonds is 4. The van der Waals surface area contributed by atoms with Crippen molar-refractivity contribution in [1.82, 2.24) is 5.32 Å². The minimum absolute atomic E-state index is 0.0311. The summed E-state index contributed by atoms with van der Waals surface area (Å²) in [5.74, 6) is 0.257. The van der Waals surface area contributed by atoms with E-state index in [1.807, 2.05) is 6.07 Å². The van der Waals surface area contributed by atoms with E-state index in [1.165, 1.54) is 32.1 Å². The first kappa shape index (κ1) is 16.0. The standard InChI is InChI=1S/C15H18Cl3NO/c16-14(15(17)18)10-6-7-13(20)11(8-10)9-19-12-4-2-1-3-5-12/h6-8,12,19-20H,1-5,9H2. The summed E-state index contributed by atoms with van der Waals surface area (Å²) in [4.78, 5) is 0. The van der Waals surface area contributed by atoms with Crippen LogP contribution in [-0.4, -0.2) is 11.1 Å². The maximum absolute atomic E-state index is 9.92. The van der Waals surface area contributed by atoms with Crippen LogP contribution in [0.15, 0.2) is 22.7 Å². The van der Waals surface area contributed by atoms with Gasteiger partial charge in [0, 0.05) is 18.2 Å². The smallest absolute Gasteiger partial charge is 0.126 e. The van der Waals surface area contributed by atoms with Crippen LogP contribution in [-0.2, 0) is 6.54 Å². The van der Waals surface area contributed by atoms with Gasteiger partial charge in [0.05, 0.1) is 5.03 Å². The highest BCUT2D eigenvalue weighted by Gasteiger charge is 2.14. The summed E-state index contributed by atoms with van der Waals surface area (Å²) >= 11 is 17.4. The van der Waals surface area contributed by atoms with Crippen molar-refractivity contribution in [2.75, 3.05) is 0 Å². The van der Waals surface area contributed by atoms with Gasteiger partial charge in [-0.2, -0.15) is 0 Å². The van der Waals surface area contributed by atoms with Crippen molar-refractivity contribution in [2.24, 2.45) is 0 Å². The van der Waals surface area contributed by atoms with E-state index in [9.17, 15) is 5.11 Å². The minimum atomic E-state index is 0.0311. The Bertz CT molecular complexity index is 492. The van der Waals surface area contributed by atoms with Crippen molar-refractivity contribution in [3.05, 3.63) is 33.8 Å². The third-order valence-electron chi connectivity index (χ3n) is 3.69. The zero-order valence-corrected chi connectivity index (χ0v) is 13.4. The molecule has 1 aromatic carbocycles. The predicted molar refractivity (Wildman–Crippen MR) is 86.3 cm³/mol. The number of nitrogens with one attached hydrogen (secondary N) is 1. The van der Waals surface area contributed by atoms with Crippen LogP contribution in [0.5, 0.6) is 5.75 Å². The second kappa shape index (κ2) is 7.56. The van der Waals surface area contributed by atoms with Crippen molar-refractivity contribution in [3.63, 3.8) is 0 Å². The fourth-order valence-electron chi connectivity index (χ4n) is 2.53. The summed E-state index contributed by atoms with van der Waals surface area (Å²) in [5, 5.41) is 13.7. The lowest BCUT2D eigenvalue weighted by Gasteiger charge is -2.23. The molecule has 0 aliphatic heterocycles. The molecule has 2 nitrogen and oxygen atoms in total. The molecule has 1 aliphatic rings. The van der Waals surface area contributed by atoms with Crippen LogP contribution in [0, 0.1) is 0 Å². The Labute approximate surface area is 134 Å². The number of benzene rings is 1. The van der Waals surface area contributed by atoms with Gasteiger partial charge in [-0.1, -0.05) is 54.1 Å². The van der Waals surface area contributed by atoms with E-state index < -0.39 is 0 Å². The molecular formula is C15H18Cl3NO. The van der Waals surface area contributed by atoms with Gasteiger partial charge < -0.3 is 10.4 Å². The van der Waals surface area contributed by atoms with Crippen molar-refractivity contribution < 1.29 is 5.11 Å². The molecule has 2 N–H and O–H groups in total. The molecule has 1 saturated carbocycles. The summed E-state index contributed by atoms with van der Waals surface area (Å²) in [5.41, 5.74) is 1.52. The zero-order chi connectivity index (χ0) is 14.5. The maximum Gasteiger partial charge on any atom is 0.126 e. The molecule has 1 aliphatic carbocycles. The first-order valence-corrected chi connectivity index (χ1v) is 7.97. The molecule has 0 aromatic heterocycles. The average molecular weight is 335 g/mol. The second-order valence-electron chi connectivity index (χ2n) is 5.13. The van der Waals surface area contributed by atoms with Crippen LogP contribution >= 0.6 is 34.8 Å². The van der Waals surface area contributed by atoms with E-state index >= 15 is 0 Å². The molecule has 0 spiro atoms. The lowest BCUT2D eigenvalue weighted by Crippen LogP contribution is -2.30. The van der Waals surface area contributed by atoms with E-state index in [1.54, 1.807) is 12.1 Å². The van der Waals surface area contributed by atoms with Gasteiger partial charge in [-0.25, -0.2) is 0 Å². The topological polar surface area (TPSA) is 32.3 Å². The lowest BCUT2D eigenvalue weighted by molar-refractivity contribution is 0.369. The molecule has 0 heterocycles. The number of phenols is 1. The summed E-state index contributed by atoms with van der Waals surface area (Å²) in [6.45, 7) is 0.619. The van der Waals surface area contributed by atoms with Crippen LogP contribution in [0.4, 0.5) is 0 Å². The summed E-state index contributed by atoms with van der Waals surface area (Å²) in [6, 6.07) is 5.67. The SMILES string of the molecule is Oc1ccc(C(Cl)=C(Cl)Cl)cc1CNC1CCCCC1. The van der Waals surface area contributed by atoms with Gasteiger partial charge in [0.25, 0.3) is 0 Å². The minimum Gasteiger partial charge on any atom is -0.508 e. The van der Waals surface area contributed by atoms with Gasteiger partial charge in [0.15, 0.2) is 0 Å². The average Bonchev–Trinajstić information content (AvgIpc) is 2.46. The highest BCUT2D eigenvalue weighted by molar-refractivity contribution is 6.66. The number of hydrogen-bond donors (Lipinski definition) is 2. The molecule has 1 fully saturated rings. The molecular weight excluding hydrogens is 317 g/mol. The fourth-order valence-corrected chi connectivity index (χ4v) is 2.87. The van der Waals surface area contributed by atoms with Gasteiger partial charge in [0.1, 0.15) is 10.2 Å². The molecule has 0 saturated heterocycles. The lowest BCUT2D eigenvalue weighted by atomic mass is 9.95. The van der Waals surface area contributed by atoms with Crippen molar-refractivity contribution >= 4 is 39.8 Å². The largest absolute Gasteiger partial charge is 0.508 e. The van der Waals surface area contributed by atoms with E-state index in [-0.39, 0.29) is 10.2 Å². The van der Waals surface area contributed by atoms with Gasteiger partial charge in [0.2, 0.25) is 0 Å². The molecule has 0 unspecified atom stereocenters. The maximum atomic E-state index is 9.92. The molecule has 0 radical (unpaired) electrons. The number of hydrogen-bond acceptors (Lipinski definition) is 2. The van der Waals surface area contributed by atoms with Gasteiger partial charge in [-0.05, 0) is 36.6 Å². The number of aromatic hydroxyl groups is 1. The van der Waals surface area contributed by atoms with Gasteiger partial charge >= 0.3 is 0 Å². The Hall–Kier alpha value is -0.410. The molecule has 110 valence electrons. The fraction of sp³-hybridized carbons (Fsp3) is 0.467. The van der Waals surface area contributed by atoms with Gasteiger partial charge in [-0.15, -0.1) is 0 Å². The highest BCUT2D eigenvalue weighted by Crippen LogP contribution is 2.31. The molecule has 20 heavy (non-hydrogen) atoms. The molecule has 0 amide bonds. The normalized spacial score (nSPS) is 16.1. The Morgan fingerprint density at radius 3 is 2.50 bits per heavy atom. The van der Waals surface area contributed by atoms with Crippen molar-refractivity contribution in [2.45, 2.75) is 44.7 Å². The van der Waals surface area contributed by atoms with Crippen LogP contribution < -0.4 is 5.32 Å². The van der Waals surface area contributed by atoms with Crippen molar-refractivity contribution in [1.29, 1.82) is 0 Å². The Morgan fingerprint density at radius 1 is 1.15 bits per heavy atom. The molecule has 2 rings (SSSR count). The first-order valence-electron chi connectivity index (χ1n) is 6.84. The Kier molecular flexibility index (Phi) is 6.03. The Morgan fingerprint density at radius 2 is 1.85 bits per heavy atom. The molecule has 0 bridgehead atoms. The number of phenolic OH excluding ortho intramolecular Hbond substituents is 1. The van der Waals surface area contributed by atoms with E-state index in [2.05, 4.69) is 5.32 Å². The van der Waals surface area contributed by atoms with Crippen LogP contribution in [0.2, 0.25) is 0 Å².